The Morgan fingerprint density at radius 3 is 2.40 bits per heavy atom. The van der Waals surface area contributed by atoms with Crippen LogP contribution < -0.4 is 5.32 Å². The summed E-state index contributed by atoms with van der Waals surface area (Å²) in [5.74, 6) is 0. The number of likely N-dealkylation sites (N-methyl/N-ethyl adjacent to an activating group) is 1. The highest BCUT2D eigenvalue weighted by Crippen LogP contribution is 2.30. The van der Waals surface area contributed by atoms with Gasteiger partial charge in [-0.3, -0.25) is 0 Å². The molecule has 2 atom stereocenters. The minimum Gasteiger partial charge on any atom is -0.378 e. The van der Waals surface area contributed by atoms with Crippen molar-refractivity contribution in [2.75, 3.05) is 27.2 Å². The van der Waals surface area contributed by atoms with Crippen LogP contribution in [0.1, 0.15) is 65.7 Å². The van der Waals surface area contributed by atoms with Crippen molar-refractivity contribution in [3.63, 3.8) is 0 Å². The first-order valence-corrected chi connectivity index (χ1v) is 8.63. The fourth-order valence-electron chi connectivity index (χ4n) is 3.79. The molecular formula is C17H36N2O. The Labute approximate surface area is 126 Å². The lowest BCUT2D eigenvalue weighted by Crippen LogP contribution is -2.58. The molecule has 1 N–H and O–H groups in total. The van der Waals surface area contributed by atoms with Gasteiger partial charge in [-0.2, -0.15) is 0 Å². The molecule has 0 spiro atoms. The van der Waals surface area contributed by atoms with E-state index in [4.69, 9.17) is 4.74 Å². The van der Waals surface area contributed by atoms with E-state index in [0.717, 1.165) is 13.2 Å². The first kappa shape index (κ1) is 17.9. The van der Waals surface area contributed by atoms with Crippen LogP contribution in [0.4, 0.5) is 0 Å². The number of nitrogens with zero attached hydrogens (tertiary/aromatic N) is 1. The molecule has 1 aliphatic heterocycles. The van der Waals surface area contributed by atoms with Crippen molar-refractivity contribution in [2.24, 2.45) is 0 Å². The van der Waals surface area contributed by atoms with Gasteiger partial charge in [0.05, 0.1) is 6.10 Å². The van der Waals surface area contributed by atoms with Crippen molar-refractivity contribution < 1.29 is 4.74 Å². The molecule has 0 saturated carbocycles. The zero-order valence-electron chi connectivity index (χ0n) is 14.4. The summed E-state index contributed by atoms with van der Waals surface area (Å²) in [4.78, 5) is 2.44. The molecule has 1 saturated heterocycles. The molecule has 120 valence electrons. The van der Waals surface area contributed by atoms with Crippen LogP contribution in [0.5, 0.6) is 0 Å². The molecule has 0 bridgehead atoms. The van der Waals surface area contributed by atoms with E-state index in [1.807, 2.05) is 0 Å². The standard InChI is InChI=1S/C17H36N2O/c1-6-13-18-16(12-11-15-10-9-14-20-15)17(7-2,8-3)19(4)5/h15-16,18H,6-14H2,1-5H3. The molecule has 3 nitrogen and oxygen atoms in total. The summed E-state index contributed by atoms with van der Waals surface area (Å²) < 4.78 is 5.81. The summed E-state index contributed by atoms with van der Waals surface area (Å²) in [6.45, 7) is 9.00. The number of ether oxygens (including phenoxy) is 1. The smallest absolute Gasteiger partial charge is 0.0576 e. The zero-order valence-corrected chi connectivity index (χ0v) is 14.4. The summed E-state index contributed by atoms with van der Waals surface area (Å²) in [5, 5.41) is 3.82. The van der Waals surface area contributed by atoms with Crippen LogP contribution in [0.15, 0.2) is 0 Å². The van der Waals surface area contributed by atoms with Gasteiger partial charge in [0.15, 0.2) is 0 Å². The van der Waals surface area contributed by atoms with Gasteiger partial charge in [0, 0.05) is 18.2 Å². The molecule has 1 aliphatic rings. The lowest BCUT2D eigenvalue weighted by molar-refractivity contribution is 0.0622. The molecule has 0 radical (unpaired) electrons. The minimum absolute atomic E-state index is 0.272. The van der Waals surface area contributed by atoms with E-state index in [0.29, 0.717) is 12.1 Å². The molecule has 3 heteroatoms. The van der Waals surface area contributed by atoms with Gasteiger partial charge in [-0.15, -0.1) is 0 Å². The Bertz CT molecular complexity index is 245. The lowest BCUT2D eigenvalue weighted by Gasteiger charge is -2.46. The average molecular weight is 284 g/mol. The molecule has 0 aromatic rings. The maximum Gasteiger partial charge on any atom is 0.0576 e. The predicted molar refractivity (Wildman–Crippen MR) is 87.3 cm³/mol. The number of nitrogens with one attached hydrogen (secondary N) is 1. The van der Waals surface area contributed by atoms with Crippen LogP contribution in [0.3, 0.4) is 0 Å². The molecule has 0 aromatic heterocycles. The second-order valence-electron chi connectivity index (χ2n) is 6.42. The van der Waals surface area contributed by atoms with E-state index in [9.17, 15) is 0 Å². The van der Waals surface area contributed by atoms with Crippen molar-refractivity contribution >= 4 is 0 Å². The normalized spacial score (nSPS) is 21.6. The van der Waals surface area contributed by atoms with Crippen molar-refractivity contribution in [3.8, 4) is 0 Å². The average Bonchev–Trinajstić information content (AvgIpc) is 2.95. The first-order valence-electron chi connectivity index (χ1n) is 8.63. The largest absolute Gasteiger partial charge is 0.378 e. The third-order valence-corrected chi connectivity index (χ3v) is 5.21. The second kappa shape index (κ2) is 9.01. The Hall–Kier alpha value is -0.120. The maximum absolute atomic E-state index is 5.81. The molecule has 1 rings (SSSR count). The minimum atomic E-state index is 0.272. The SMILES string of the molecule is CCCNC(CCC1CCCO1)C(CC)(CC)N(C)C. The van der Waals surface area contributed by atoms with Crippen molar-refractivity contribution in [2.45, 2.75) is 83.4 Å². The summed E-state index contributed by atoms with van der Waals surface area (Å²) in [6, 6.07) is 0.566. The summed E-state index contributed by atoms with van der Waals surface area (Å²) in [5.41, 5.74) is 0.272. The van der Waals surface area contributed by atoms with E-state index >= 15 is 0 Å². The fraction of sp³-hybridized carbons (Fsp3) is 1.00. The van der Waals surface area contributed by atoms with Crippen LogP contribution in [0.25, 0.3) is 0 Å². The predicted octanol–water partition coefficient (Wildman–Crippen LogP) is 3.43. The summed E-state index contributed by atoms with van der Waals surface area (Å²) >= 11 is 0. The molecule has 20 heavy (non-hydrogen) atoms. The lowest BCUT2D eigenvalue weighted by atomic mass is 9.80. The Balaban J connectivity index is 2.68. The molecule has 2 unspecified atom stereocenters. The molecule has 0 aliphatic carbocycles. The highest BCUT2D eigenvalue weighted by Gasteiger charge is 2.37. The van der Waals surface area contributed by atoms with Crippen molar-refractivity contribution in [1.82, 2.24) is 10.2 Å². The zero-order chi connectivity index (χ0) is 15.0. The van der Waals surface area contributed by atoms with Crippen LogP contribution in [0.2, 0.25) is 0 Å². The Kier molecular flexibility index (Phi) is 8.08. The number of hydrogen-bond donors (Lipinski definition) is 1. The summed E-state index contributed by atoms with van der Waals surface area (Å²) in [6.07, 6.45) is 9.04. The van der Waals surface area contributed by atoms with Gasteiger partial charge in [0.1, 0.15) is 0 Å². The highest BCUT2D eigenvalue weighted by molar-refractivity contribution is 4.97. The van der Waals surface area contributed by atoms with E-state index in [1.54, 1.807) is 0 Å². The molecule has 0 amide bonds. The maximum atomic E-state index is 5.81. The van der Waals surface area contributed by atoms with Crippen LogP contribution in [-0.2, 0) is 4.74 Å². The third kappa shape index (κ3) is 4.44. The number of rotatable bonds is 10. The van der Waals surface area contributed by atoms with Gasteiger partial charge in [-0.1, -0.05) is 20.8 Å². The third-order valence-electron chi connectivity index (χ3n) is 5.21. The van der Waals surface area contributed by atoms with Gasteiger partial charge in [-0.25, -0.2) is 0 Å². The fourth-order valence-corrected chi connectivity index (χ4v) is 3.79. The molecule has 1 fully saturated rings. The second-order valence-corrected chi connectivity index (χ2v) is 6.42. The molecule has 1 heterocycles. The molecular weight excluding hydrogens is 248 g/mol. The van der Waals surface area contributed by atoms with Crippen molar-refractivity contribution in [1.29, 1.82) is 0 Å². The van der Waals surface area contributed by atoms with Gasteiger partial charge in [0.2, 0.25) is 0 Å². The Morgan fingerprint density at radius 1 is 1.25 bits per heavy atom. The number of hydrogen-bond acceptors (Lipinski definition) is 3. The van der Waals surface area contributed by atoms with Crippen LogP contribution in [0, 0.1) is 0 Å². The van der Waals surface area contributed by atoms with Crippen molar-refractivity contribution in [3.05, 3.63) is 0 Å². The van der Waals surface area contributed by atoms with Gasteiger partial charge >= 0.3 is 0 Å². The summed E-state index contributed by atoms with van der Waals surface area (Å²) in [7, 11) is 4.47. The van der Waals surface area contributed by atoms with E-state index in [1.165, 1.54) is 44.9 Å². The first-order chi connectivity index (χ1) is 9.60. The van der Waals surface area contributed by atoms with Gasteiger partial charge in [0.25, 0.3) is 0 Å². The van der Waals surface area contributed by atoms with E-state index < -0.39 is 0 Å². The quantitative estimate of drug-likeness (QED) is 0.665. The highest BCUT2D eigenvalue weighted by atomic mass is 16.5. The topological polar surface area (TPSA) is 24.5 Å². The van der Waals surface area contributed by atoms with Crippen LogP contribution >= 0.6 is 0 Å². The van der Waals surface area contributed by atoms with Gasteiger partial charge < -0.3 is 15.0 Å². The van der Waals surface area contributed by atoms with Gasteiger partial charge in [-0.05, 0) is 65.6 Å². The monoisotopic (exact) mass is 284 g/mol. The van der Waals surface area contributed by atoms with Crippen LogP contribution in [-0.4, -0.2) is 49.8 Å². The molecule has 0 aromatic carbocycles. The Morgan fingerprint density at radius 2 is 1.95 bits per heavy atom. The van der Waals surface area contributed by atoms with E-state index in [-0.39, 0.29) is 5.54 Å². The van der Waals surface area contributed by atoms with E-state index in [2.05, 4.69) is 45.1 Å².